The lowest BCUT2D eigenvalue weighted by Gasteiger charge is -2.46. The van der Waals surface area contributed by atoms with Gasteiger partial charge in [0.15, 0.2) is 0 Å². The number of carboxylic acids is 1. The van der Waals surface area contributed by atoms with E-state index >= 15 is 0 Å². The number of rotatable bonds is 5. The Morgan fingerprint density at radius 2 is 1.83 bits per heavy atom. The summed E-state index contributed by atoms with van der Waals surface area (Å²) in [6.07, 6.45) is 5.87. The van der Waals surface area contributed by atoms with E-state index in [1.54, 1.807) is 12.4 Å². The largest absolute Gasteiger partial charge is 0.481 e. The number of nitrogens with one attached hydrogen (secondary N) is 5. The van der Waals surface area contributed by atoms with Crippen molar-refractivity contribution < 1.29 is 14.7 Å². The molecule has 5 atom stereocenters. The molecule has 4 heterocycles. The maximum Gasteiger partial charge on any atom is 0.307 e. The van der Waals surface area contributed by atoms with Gasteiger partial charge in [0.05, 0.1) is 24.2 Å². The van der Waals surface area contributed by atoms with Crippen molar-refractivity contribution >= 4 is 23.3 Å². The van der Waals surface area contributed by atoms with Crippen LogP contribution in [0.4, 0.5) is 11.4 Å². The molecule has 4 aliphatic rings. The number of aliphatic carboxylic acids is 1. The van der Waals surface area contributed by atoms with Gasteiger partial charge >= 0.3 is 5.97 Å². The number of hydrogen-bond acceptors (Lipinski definition) is 8. The van der Waals surface area contributed by atoms with Crippen LogP contribution in [0.2, 0.25) is 0 Å². The number of piperidine rings is 1. The SMILES string of the molecule is O=C1NNCC2NC(c3ccncc3)NC(Nc3ccc(N4CCC5(CC4)CC5C(=O)O)cc3)C12. The molecule has 1 aromatic heterocycles. The first-order chi connectivity index (χ1) is 17.0. The molecule has 2 aromatic rings. The Balaban J connectivity index is 1.14. The Hall–Kier alpha value is -3.21. The summed E-state index contributed by atoms with van der Waals surface area (Å²) in [7, 11) is 0. The molecule has 10 heteroatoms. The number of hydrogen-bond donors (Lipinski definition) is 6. The predicted molar refractivity (Wildman–Crippen MR) is 130 cm³/mol. The number of hydrazine groups is 1. The fraction of sp³-hybridized carbons (Fsp3) is 0.480. The highest BCUT2D eigenvalue weighted by molar-refractivity contribution is 5.81. The van der Waals surface area contributed by atoms with Gasteiger partial charge in [0, 0.05) is 49.4 Å². The molecule has 35 heavy (non-hydrogen) atoms. The van der Waals surface area contributed by atoms with Crippen molar-refractivity contribution in [1.82, 2.24) is 26.5 Å². The van der Waals surface area contributed by atoms with E-state index in [1.165, 1.54) is 0 Å². The van der Waals surface area contributed by atoms with Crippen molar-refractivity contribution in [1.29, 1.82) is 0 Å². The lowest BCUT2D eigenvalue weighted by Crippen LogP contribution is -2.71. The molecule has 1 aromatic carbocycles. The first-order valence-corrected chi connectivity index (χ1v) is 12.3. The van der Waals surface area contributed by atoms with Crippen molar-refractivity contribution in [2.24, 2.45) is 17.3 Å². The Kier molecular flexibility index (Phi) is 5.58. The lowest BCUT2D eigenvalue weighted by atomic mass is 9.89. The molecule has 0 radical (unpaired) electrons. The van der Waals surface area contributed by atoms with Gasteiger partial charge in [0.1, 0.15) is 0 Å². The monoisotopic (exact) mass is 477 g/mol. The average Bonchev–Trinajstić information content (AvgIpc) is 3.59. The van der Waals surface area contributed by atoms with Crippen LogP contribution in [0.5, 0.6) is 0 Å². The quantitative estimate of drug-likeness (QED) is 0.374. The number of benzene rings is 1. The van der Waals surface area contributed by atoms with Crippen LogP contribution in [0.25, 0.3) is 0 Å². The third-order valence-corrected chi connectivity index (χ3v) is 8.20. The number of aromatic nitrogens is 1. The molecule has 10 nitrogen and oxygen atoms in total. The molecule has 1 saturated carbocycles. The normalized spacial score (nSPS) is 31.4. The van der Waals surface area contributed by atoms with Crippen molar-refractivity contribution in [2.45, 2.75) is 37.6 Å². The summed E-state index contributed by atoms with van der Waals surface area (Å²) < 4.78 is 0. The molecule has 6 N–H and O–H groups in total. The minimum atomic E-state index is -0.642. The van der Waals surface area contributed by atoms with Crippen molar-refractivity contribution in [3.8, 4) is 0 Å². The summed E-state index contributed by atoms with van der Waals surface area (Å²) in [5.41, 5.74) is 8.92. The molecule has 1 spiro atoms. The van der Waals surface area contributed by atoms with E-state index < -0.39 is 5.97 Å². The molecule has 1 aliphatic carbocycles. The topological polar surface area (TPSA) is 131 Å². The molecule has 5 unspecified atom stereocenters. The van der Waals surface area contributed by atoms with Gasteiger partial charge in [0.25, 0.3) is 0 Å². The number of anilines is 2. The van der Waals surface area contributed by atoms with Gasteiger partial charge in [-0.1, -0.05) is 0 Å². The first kappa shape index (κ1) is 22.3. The number of fused-ring (bicyclic) bond motifs is 1. The van der Waals surface area contributed by atoms with Gasteiger partial charge in [-0.25, -0.2) is 5.43 Å². The van der Waals surface area contributed by atoms with Gasteiger partial charge in [-0.05, 0) is 66.6 Å². The third-order valence-electron chi connectivity index (χ3n) is 8.20. The molecular formula is C25H31N7O3. The Labute approximate surface area is 203 Å². The minimum absolute atomic E-state index is 0.0296. The fourth-order valence-corrected chi connectivity index (χ4v) is 6.02. The smallest absolute Gasteiger partial charge is 0.307 e. The summed E-state index contributed by atoms with van der Waals surface area (Å²) in [5.74, 6) is -1.13. The molecule has 3 aliphatic heterocycles. The lowest BCUT2D eigenvalue weighted by molar-refractivity contribution is -0.139. The standard InChI is InChI=1S/C25H31N7O3/c33-23-20-19(14-27-31-23)29-21(15-5-9-26-10-6-15)30-22(20)28-16-1-3-17(4-2-16)32-11-7-25(8-12-32)13-18(25)24(34)35/h1-6,9-10,18-22,27-30H,7-8,11-14H2,(H,31,33)(H,34,35). The summed E-state index contributed by atoms with van der Waals surface area (Å²) in [6, 6.07) is 12.2. The summed E-state index contributed by atoms with van der Waals surface area (Å²) in [5, 5.41) is 20.0. The van der Waals surface area contributed by atoms with Crippen LogP contribution in [-0.2, 0) is 9.59 Å². The third kappa shape index (κ3) is 4.22. The molecule has 6 rings (SSSR count). The van der Waals surface area contributed by atoms with E-state index in [1.807, 2.05) is 12.1 Å². The summed E-state index contributed by atoms with van der Waals surface area (Å²) >= 11 is 0. The fourth-order valence-electron chi connectivity index (χ4n) is 6.02. The zero-order valence-electron chi connectivity index (χ0n) is 19.4. The molecule has 3 saturated heterocycles. The zero-order chi connectivity index (χ0) is 24.0. The highest BCUT2D eigenvalue weighted by Gasteiger charge is 2.58. The number of pyridine rings is 1. The average molecular weight is 478 g/mol. The van der Waals surface area contributed by atoms with E-state index in [0.29, 0.717) is 6.54 Å². The minimum Gasteiger partial charge on any atom is -0.481 e. The highest BCUT2D eigenvalue weighted by atomic mass is 16.4. The van der Waals surface area contributed by atoms with Crippen LogP contribution in [0.1, 0.15) is 31.0 Å². The second-order valence-corrected chi connectivity index (χ2v) is 10.2. The second kappa shape index (κ2) is 8.78. The van der Waals surface area contributed by atoms with Crippen molar-refractivity contribution in [3.05, 3.63) is 54.4 Å². The molecule has 0 bridgehead atoms. The maximum atomic E-state index is 12.7. The first-order valence-electron chi connectivity index (χ1n) is 12.3. The molecular weight excluding hydrogens is 446 g/mol. The van der Waals surface area contributed by atoms with Crippen LogP contribution in [0.15, 0.2) is 48.8 Å². The van der Waals surface area contributed by atoms with Gasteiger partial charge in [-0.15, -0.1) is 0 Å². The van der Waals surface area contributed by atoms with Gasteiger partial charge in [-0.3, -0.25) is 30.6 Å². The Bertz CT molecular complexity index is 1090. The molecule has 1 amide bonds. The van der Waals surface area contributed by atoms with Crippen LogP contribution < -0.4 is 31.7 Å². The second-order valence-electron chi connectivity index (χ2n) is 10.2. The summed E-state index contributed by atoms with van der Waals surface area (Å²) in [4.78, 5) is 30.5. The van der Waals surface area contributed by atoms with E-state index in [9.17, 15) is 14.7 Å². The van der Waals surface area contributed by atoms with Crippen LogP contribution >= 0.6 is 0 Å². The highest BCUT2D eigenvalue weighted by Crippen LogP contribution is 2.59. The van der Waals surface area contributed by atoms with Crippen LogP contribution in [0, 0.1) is 17.3 Å². The number of amides is 1. The van der Waals surface area contributed by atoms with E-state index in [-0.39, 0.29) is 41.5 Å². The predicted octanol–water partition coefficient (Wildman–Crippen LogP) is 1.02. The molecule has 4 fully saturated rings. The number of nitrogens with zero attached hydrogens (tertiary/aromatic N) is 2. The van der Waals surface area contributed by atoms with Gasteiger partial charge in [-0.2, -0.15) is 0 Å². The van der Waals surface area contributed by atoms with Crippen LogP contribution in [0.3, 0.4) is 0 Å². The van der Waals surface area contributed by atoms with Gasteiger partial charge in [0.2, 0.25) is 5.91 Å². The molecule has 184 valence electrons. The number of carbonyl (C=O) groups excluding carboxylic acids is 1. The number of carbonyl (C=O) groups is 2. The zero-order valence-corrected chi connectivity index (χ0v) is 19.4. The van der Waals surface area contributed by atoms with Crippen molar-refractivity contribution in [3.63, 3.8) is 0 Å². The van der Waals surface area contributed by atoms with E-state index in [2.05, 4.69) is 61.0 Å². The van der Waals surface area contributed by atoms with E-state index in [4.69, 9.17) is 0 Å². The van der Waals surface area contributed by atoms with Crippen LogP contribution in [-0.4, -0.2) is 53.8 Å². The Morgan fingerprint density at radius 3 is 2.51 bits per heavy atom. The van der Waals surface area contributed by atoms with E-state index in [0.717, 1.165) is 49.3 Å². The summed E-state index contributed by atoms with van der Waals surface area (Å²) in [6.45, 7) is 2.41. The van der Waals surface area contributed by atoms with Crippen molar-refractivity contribution in [2.75, 3.05) is 29.9 Å². The van der Waals surface area contributed by atoms with Gasteiger partial charge < -0.3 is 15.3 Å². The maximum absolute atomic E-state index is 12.7. The number of carboxylic acid groups (broad SMARTS) is 1. The Morgan fingerprint density at radius 1 is 1.09 bits per heavy atom.